The highest BCUT2D eigenvalue weighted by Crippen LogP contribution is 2.46. The SMILES string of the molecule is C/C(=N/NC(=O)c1ccc(Cl)c(Cl)c1)c1cccc(NC(=O)C(F)(F)C(F)(F)C(F)(F)F)c1. The monoisotopic (exact) mass is 517 g/mol. The van der Waals surface area contributed by atoms with E-state index in [1.165, 1.54) is 42.6 Å². The van der Waals surface area contributed by atoms with E-state index in [0.717, 1.165) is 12.1 Å². The van der Waals surface area contributed by atoms with Gasteiger partial charge in [-0.05, 0) is 42.8 Å². The molecular formula is C19H12Cl2F7N3O2. The van der Waals surface area contributed by atoms with E-state index in [1.807, 2.05) is 0 Å². The third-order valence-electron chi connectivity index (χ3n) is 4.08. The molecule has 178 valence electrons. The predicted octanol–water partition coefficient (Wildman–Crippen LogP) is 5.92. The average molecular weight is 518 g/mol. The van der Waals surface area contributed by atoms with Gasteiger partial charge in [-0.3, -0.25) is 9.59 Å². The van der Waals surface area contributed by atoms with Gasteiger partial charge in [0.05, 0.1) is 15.8 Å². The van der Waals surface area contributed by atoms with Crippen LogP contribution in [0.4, 0.5) is 36.4 Å². The number of nitrogens with one attached hydrogen (secondary N) is 2. The first-order valence-electron chi connectivity index (χ1n) is 8.62. The van der Waals surface area contributed by atoms with Crippen molar-refractivity contribution >= 4 is 46.4 Å². The van der Waals surface area contributed by atoms with Crippen LogP contribution in [0.1, 0.15) is 22.8 Å². The Bertz CT molecular complexity index is 1110. The van der Waals surface area contributed by atoms with Crippen LogP contribution in [0.5, 0.6) is 0 Å². The van der Waals surface area contributed by atoms with Crippen LogP contribution in [0.25, 0.3) is 0 Å². The van der Waals surface area contributed by atoms with Crippen LogP contribution in [0.3, 0.4) is 0 Å². The zero-order valence-corrected chi connectivity index (χ0v) is 17.7. The van der Waals surface area contributed by atoms with E-state index in [1.54, 1.807) is 0 Å². The second-order valence-corrected chi connectivity index (χ2v) is 7.26. The molecule has 0 fully saturated rings. The van der Waals surface area contributed by atoms with Crippen molar-refractivity contribution in [1.82, 2.24) is 5.43 Å². The van der Waals surface area contributed by atoms with Crippen molar-refractivity contribution in [2.75, 3.05) is 5.32 Å². The highest BCUT2D eigenvalue weighted by atomic mass is 35.5. The largest absolute Gasteiger partial charge is 0.460 e. The molecule has 2 aromatic rings. The molecule has 0 atom stereocenters. The maximum Gasteiger partial charge on any atom is 0.460 e. The highest BCUT2D eigenvalue weighted by Gasteiger charge is 2.76. The van der Waals surface area contributed by atoms with E-state index >= 15 is 0 Å². The van der Waals surface area contributed by atoms with Crippen LogP contribution in [-0.4, -0.2) is 35.5 Å². The van der Waals surface area contributed by atoms with Gasteiger partial charge in [-0.15, -0.1) is 0 Å². The number of nitrogens with zero attached hydrogens (tertiary/aromatic N) is 1. The number of alkyl halides is 7. The lowest BCUT2D eigenvalue weighted by molar-refractivity contribution is -0.343. The molecule has 14 heteroatoms. The molecule has 0 aliphatic heterocycles. The second kappa shape index (κ2) is 9.56. The summed E-state index contributed by atoms with van der Waals surface area (Å²) in [6, 6.07) is 8.50. The lowest BCUT2D eigenvalue weighted by atomic mass is 10.1. The highest BCUT2D eigenvalue weighted by molar-refractivity contribution is 6.42. The number of hydrazone groups is 1. The predicted molar refractivity (Wildman–Crippen MR) is 107 cm³/mol. The Kier molecular flexibility index (Phi) is 7.64. The zero-order valence-electron chi connectivity index (χ0n) is 16.2. The molecule has 0 spiro atoms. The van der Waals surface area contributed by atoms with Gasteiger partial charge in [0.15, 0.2) is 0 Å². The van der Waals surface area contributed by atoms with Gasteiger partial charge in [0.1, 0.15) is 0 Å². The number of halogens is 9. The number of carbonyl (C=O) groups excluding carboxylic acids is 2. The summed E-state index contributed by atoms with van der Waals surface area (Å²) in [6.07, 6.45) is -6.65. The first-order chi connectivity index (χ1) is 15.1. The molecule has 2 aromatic carbocycles. The molecule has 2 rings (SSSR count). The second-order valence-electron chi connectivity index (χ2n) is 6.45. The Morgan fingerprint density at radius 2 is 1.52 bits per heavy atom. The number of benzene rings is 2. The number of hydrogen-bond acceptors (Lipinski definition) is 3. The van der Waals surface area contributed by atoms with E-state index < -0.39 is 35.5 Å². The van der Waals surface area contributed by atoms with Crippen LogP contribution in [-0.2, 0) is 4.79 Å². The molecule has 0 aliphatic carbocycles. The fourth-order valence-corrected chi connectivity index (χ4v) is 2.55. The van der Waals surface area contributed by atoms with Gasteiger partial charge < -0.3 is 5.32 Å². The average Bonchev–Trinajstić information content (AvgIpc) is 2.72. The van der Waals surface area contributed by atoms with Gasteiger partial charge in [0, 0.05) is 11.3 Å². The summed E-state index contributed by atoms with van der Waals surface area (Å²) in [6.45, 7) is 1.36. The molecule has 5 nitrogen and oxygen atoms in total. The van der Waals surface area contributed by atoms with E-state index in [9.17, 15) is 40.3 Å². The third-order valence-corrected chi connectivity index (χ3v) is 4.82. The smallest absolute Gasteiger partial charge is 0.321 e. The molecule has 2 amide bonds. The summed E-state index contributed by atoms with van der Waals surface area (Å²) < 4.78 is 89.7. The quantitative estimate of drug-likeness (QED) is 0.283. The first-order valence-corrected chi connectivity index (χ1v) is 9.37. The Morgan fingerprint density at radius 3 is 2.09 bits per heavy atom. The summed E-state index contributed by atoms with van der Waals surface area (Å²) in [5, 5.41) is 5.42. The molecule has 0 unspecified atom stereocenters. The number of carbonyl (C=O) groups is 2. The summed E-state index contributed by atoms with van der Waals surface area (Å²) in [7, 11) is 0. The molecule has 0 bridgehead atoms. The fourth-order valence-electron chi connectivity index (χ4n) is 2.25. The minimum Gasteiger partial charge on any atom is -0.321 e. The van der Waals surface area contributed by atoms with Crippen molar-refractivity contribution in [1.29, 1.82) is 0 Å². The standard InChI is InChI=1S/C19H12Cl2F7N3O2/c1-9(30-31-15(32)11-5-6-13(20)14(21)8-11)10-3-2-4-12(7-10)29-16(33)17(22,23)18(24,25)19(26,27)28/h2-8H,1H3,(H,29,33)(H,31,32)/b30-9-. The van der Waals surface area contributed by atoms with Gasteiger partial charge in [-0.1, -0.05) is 35.3 Å². The lowest BCUT2D eigenvalue weighted by Crippen LogP contribution is -2.57. The normalized spacial score (nSPS) is 13.0. The minimum absolute atomic E-state index is 0.0758. The topological polar surface area (TPSA) is 70.6 Å². The zero-order chi connectivity index (χ0) is 25.2. The van der Waals surface area contributed by atoms with E-state index in [4.69, 9.17) is 23.2 Å². The summed E-state index contributed by atoms with van der Waals surface area (Å²) in [5.74, 6) is -16.2. The number of rotatable bonds is 6. The van der Waals surface area contributed by atoms with Gasteiger partial charge in [-0.25, -0.2) is 5.43 Å². The maximum atomic E-state index is 13.5. The van der Waals surface area contributed by atoms with Crippen LogP contribution in [0.15, 0.2) is 47.6 Å². The van der Waals surface area contributed by atoms with Crippen LogP contribution in [0.2, 0.25) is 10.0 Å². The van der Waals surface area contributed by atoms with Gasteiger partial charge in [-0.2, -0.15) is 35.8 Å². The minimum atomic E-state index is -6.65. The number of hydrogen-bond donors (Lipinski definition) is 2. The molecule has 0 aromatic heterocycles. The van der Waals surface area contributed by atoms with Crippen LogP contribution < -0.4 is 10.7 Å². The van der Waals surface area contributed by atoms with Crippen molar-refractivity contribution in [3.8, 4) is 0 Å². The molecule has 2 N–H and O–H groups in total. The van der Waals surface area contributed by atoms with Crippen LogP contribution in [0, 0.1) is 0 Å². The summed E-state index contributed by atoms with van der Waals surface area (Å²) >= 11 is 11.6. The Balaban J connectivity index is 2.17. The van der Waals surface area contributed by atoms with E-state index in [-0.39, 0.29) is 26.9 Å². The molecule has 0 saturated carbocycles. The maximum absolute atomic E-state index is 13.5. The molecule has 0 aliphatic rings. The molecule has 0 saturated heterocycles. The molecule has 0 radical (unpaired) electrons. The molecular weight excluding hydrogens is 506 g/mol. The fraction of sp³-hybridized carbons (Fsp3) is 0.211. The van der Waals surface area contributed by atoms with Gasteiger partial charge >= 0.3 is 23.9 Å². The molecule has 0 heterocycles. The van der Waals surface area contributed by atoms with Gasteiger partial charge in [0.25, 0.3) is 5.91 Å². The van der Waals surface area contributed by atoms with Crippen molar-refractivity contribution < 1.29 is 40.3 Å². The third kappa shape index (κ3) is 5.74. The van der Waals surface area contributed by atoms with Crippen molar-refractivity contribution in [2.45, 2.75) is 24.9 Å². The van der Waals surface area contributed by atoms with E-state index in [0.29, 0.717) is 0 Å². The lowest BCUT2D eigenvalue weighted by Gasteiger charge is -2.27. The molecule has 33 heavy (non-hydrogen) atoms. The van der Waals surface area contributed by atoms with Gasteiger partial charge in [0.2, 0.25) is 0 Å². The Labute approximate surface area is 191 Å². The first kappa shape index (κ1) is 26.4. The van der Waals surface area contributed by atoms with Crippen LogP contribution >= 0.6 is 23.2 Å². The Morgan fingerprint density at radius 1 is 0.879 bits per heavy atom. The summed E-state index contributed by atoms with van der Waals surface area (Å²) in [4.78, 5) is 23.6. The number of anilines is 1. The van der Waals surface area contributed by atoms with E-state index in [2.05, 4.69) is 10.5 Å². The number of amides is 2. The van der Waals surface area contributed by atoms with Crippen molar-refractivity contribution in [2.24, 2.45) is 5.10 Å². The Hall–Kier alpha value is -2.86. The van der Waals surface area contributed by atoms with Crippen molar-refractivity contribution in [3.05, 3.63) is 63.6 Å². The summed E-state index contributed by atoms with van der Waals surface area (Å²) in [5.41, 5.74) is 1.97. The van der Waals surface area contributed by atoms with Crippen molar-refractivity contribution in [3.63, 3.8) is 0 Å².